The van der Waals surface area contributed by atoms with E-state index in [4.69, 9.17) is 4.74 Å². The molecule has 0 radical (unpaired) electrons. The molecule has 2 aromatic rings. The van der Waals surface area contributed by atoms with Crippen LogP contribution in [0.25, 0.3) is 0 Å². The van der Waals surface area contributed by atoms with Crippen LogP contribution in [-0.2, 0) is 10.0 Å². The van der Waals surface area contributed by atoms with Crippen LogP contribution in [-0.4, -0.2) is 33.5 Å². The fourth-order valence-corrected chi connectivity index (χ4v) is 3.06. The summed E-state index contributed by atoms with van der Waals surface area (Å²) in [5.41, 5.74) is 0.305. The van der Waals surface area contributed by atoms with Crippen LogP contribution in [0.1, 0.15) is 10.4 Å². The molecule has 0 spiro atoms. The Morgan fingerprint density at radius 3 is 2.64 bits per heavy atom. The summed E-state index contributed by atoms with van der Waals surface area (Å²) < 4.78 is 32.3. The zero-order valence-electron chi connectivity index (χ0n) is 12.0. The van der Waals surface area contributed by atoms with Crippen molar-refractivity contribution in [3.05, 3.63) is 48.3 Å². The molecule has 1 aromatic heterocycles. The number of carbonyl (C=O) groups excluding carboxylic acids is 1. The minimum atomic E-state index is -3.93. The van der Waals surface area contributed by atoms with Crippen LogP contribution in [0.4, 0.5) is 5.69 Å². The zero-order valence-corrected chi connectivity index (χ0v) is 12.8. The average molecular weight is 321 g/mol. The van der Waals surface area contributed by atoms with Crippen LogP contribution in [0, 0.1) is 0 Å². The van der Waals surface area contributed by atoms with Gasteiger partial charge in [-0.05, 0) is 12.1 Å². The minimum absolute atomic E-state index is 0.0633. The van der Waals surface area contributed by atoms with Gasteiger partial charge in [-0.2, -0.15) is 0 Å². The maximum atomic E-state index is 12.5. The molecule has 0 unspecified atom stereocenters. The van der Waals surface area contributed by atoms with Gasteiger partial charge < -0.3 is 10.1 Å². The van der Waals surface area contributed by atoms with Crippen LogP contribution in [0.2, 0.25) is 0 Å². The Labute approximate surface area is 128 Å². The van der Waals surface area contributed by atoms with Crippen molar-refractivity contribution in [2.45, 2.75) is 4.90 Å². The van der Waals surface area contributed by atoms with E-state index in [-0.39, 0.29) is 16.1 Å². The average Bonchev–Trinajstić information content (AvgIpc) is 2.54. The van der Waals surface area contributed by atoms with E-state index in [0.717, 1.165) is 0 Å². The Kier molecular flexibility index (Phi) is 4.62. The number of aromatic nitrogens is 1. The molecule has 0 saturated heterocycles. The summed E-state index contributed by atoms with van der Waals surface area (Å²) in [7, 11) is -1.04. The van der Waals surface area contributed by atoms with Crippen molar-refractivity contribution < 1.29 is 17.9 Å². The summed E-state index contributed by atoms with van der Waals surface area (Å²) >= 11 is 0. The molecule has 0 fully saturated rings. The third-order valence-corrected chi connectivity index (χ3v) is 4.29. The van der Waals surface area contributed by atoms with Crippen molar-refractivity contribution in [1.82, 2.24) is 10.3 Å². The number of methoxy groups -OCH3 is 1. The number of hydrogen-bond acceptors (Lipinski definition) is 5. The summed E-state index contributed by atoms with van der Waals surface area (Å²) in [5.74, 6) is -0.0653. The van der Waals surface area contributed by atoms with E-state index in [1.54, 1.807) is 12.1 Å². The monoisotopic (exact) mass is 321 g/mol. The molecule has 2 N–H and O–H groups in total. The predicted octanol–water partition coefficient (Wildman–Crippen LogP) is 1.25. The second-order valence-electron chi connectivity index (χ2n) is 4.29. The second-order valence-corrected chi connectivity index (χ2v) is 5.95. The van der Waals surface area contributed by atoms with Crippen LogP contribution in [0.3, 0.4) is 0 Å². The number of carbonyl (C=O) groups is 1. The highest BCUT2D eigenvalue weighted by molar-refractivity contribution is 7.92. The summed E-state index contributed by atoms with van der Waals surface area (Å²) in [6.45, 7) is 0. The summed E-state index contributed by atoms with van der Waals surface area (Å²) in [5, 5.41) is 2.41. The predicted molar refractivity (Wildman–Crippen MR) is 81.4 cm³/mol. The molecule has 1 amide bonds. The molecule has 0 saturated carbocycles. The van der Waals surface area contributed by atoms with Gasteiger partial charge in [-0.15, -0.1) is 0 Å². The van der Waals surface area contributed by atoms with Crippen molar-refractivity contribution >= 4 is 21.6 Å². The topological polar surface area (TPSA) is 97.4 Å². The number of hydrogen-bond donors (Lipinski definition) is 2. The van der Waals surface area contributed by atoms with Crippen LogP contribution >= 0.6 is 0 Å². The van der Waals surface area contributed by atoms with Gasteiger partial charge in [0.2, 0.25) is 0 Å². The molecular formula is C14H15N3O4S. The van der Waals surface area contributed by atoms with Gasteiger partial charge in [-0.3, -0.25) is 14.5 Å². The molecule has 8 heteroatoms. The van der Waals surface area contributed by atoms with Crippen molar-refractivity contribution in [3.8, 4) is 5.75 Å². The van der Waals surface area contributed by atoms with Crippen LogP contribution in [0.15, 0.2) is 47.6 Å². The molecule has 7 nitrogen and oxygen atoms in total. The quantitative estimate of drug-likeness (QED) is 0.864. The van der Waals surface area contributed by atoms with E-state index < -0.39 is 15.9 Å². The lowest BCUT2D eigenvalue weighted by molar-refractivity contribution is 0.0960. The Bertz CT molecular complexity index is 790. The van der Waals surface area contributed by atoms with Gasteiger partial charge in [0.15, 0.2) is 0 Å². The molecule has 1 heterocycles. The molecule has 0 aliphatic rings. The minimum Gasteiger partial charge on any atom is -0.495 e. The van der Waals surface area contributed by atoms with Crippen molar-refractivity contribution in [1.29, 1.82) is 0 Å². The number of nitrogens with one attached hydrogen (secondary N) is 2. The summed E-state index contributed by atoms with van der Waals surface area (Å²) in [4.78, 5) is 15.6. The summed E-state index contributed by atoms with van der Waals surface area (Å²) in [6.07, 6.45) is 2.80. The smallest absolute Gasteiger partial charge is 0.262 e. The lowest BCUT2D eigenvalue weighted by atomic mass is 10.2. The van der Waals surface area contributed by atoms with Crippen LogP contribution < -0.4 is 14.8 Å². The van der Waals surface area contributed by atoms with Gasteiger partial charge in [0.25, 0.3) is 15.9 Å². The number of anilines is 1. The van der Waals surface area contributed by atoms with Gasteiger partial charge in [-0.25, -0.2) is 8.42 Å². The highest BCUT2D eigenvalue weighted by atomic mass is 32.2. The number of rotatable bonds is 5. The molecule has 2 rings (SSSR count). The SMILES string of the molecule is CNC(=O)c1ccccc1S(=O)(=O)Nc1cncc(OC)c1. The van der Waals surface area contributed by atoms with E-state index in [2.05, 4.69) is 15.0 Å². The van der Waals surface area contributed by atoms with Gasteiger partial charge in [0, 0.05) is 13.1 Å². The number of ether oxygens (including phenoxy) is 1. The van der Waals surface area contributed by atoms with Crippen molar-refractivity contribution in [2.75, 3.05) is 18.9 Å². The molecular weight excluding hydrogens is 306 g/mol. The van der Waals surface area contributed by atoms with E-state index >= 15 is 0 Å². The van der Waals surface area contributed by atoms with Gasteiger partial charge >= 0.3 is 0 Å². The van der Waals surface area contributed by atoms with Gasteiger partial charge in [0.05, 0.1) is 30.8 Å². The standard InChI is InChI=1S/C14H15N3O4S/c1-15-14(18)12-5-3-4-6-13(12)22(19,20)17-10-7-11(21-2)9-16-8-10/h3-9,17H,1-2H3,(H,15,18). The van der Waals surface area contributed by atoms with Gasteiger partial charge in [0.1, 0.15) is 10.6 Å². The van der Waals surface area contributed by atoms with Gasteiger partial charge in [-0.1, -0.05) is 12.1 Å². The maximum Gasteiger partial charge on any atom is 0.262 e. The van der Waals surface area contributed by atoms with E-state index in [1.807, 2.05) is 0 Å². The fourth-order valence-electron chi connectivity index (χ4n) is 1.82. The fraction of sp³-hybridized carbons (Fsp3) is 0.143. The number of sulfonamides is 1. The first-order chi connectivity index (χ1) is 10.5. The number of benzene rings is 1. The first-order valence-electron chi connectivity index (χ1n) is 6.31. The molecule has 0 aliphatic heterocycles. The number of nitrogens with zero attached hydrogens (tertiary/aromatic N) is 1. The lowest BCUT2D eigenvalue weighted by Gasteiger charge is -2.11. The molecule has 1 aromatic carbocycles. The Morgan fingerprint density at radius 2 is 1.95 bits per heavy atom. The second kappa shape index (κ2) is 6.44. The lowest BCUT2D eigenvalue weighted by Crippen LogP contribution is -2.23. The first-order valence-corrected chi connectivity index (χ1v) is 7.79. The summed E-state index contributed by atoms with van der Waals surface area (Å²) in [6, 6.07) is 7.44. The van der Waals surface area contributed by atoms with E-state index in [1.165, 1.54) is 44.8 Å². The Hall–Kier alpha value is -2.61. The largest absolute Gasteiger partial charge is 0.495 e. The highest BCUT2D eigenvalue weighted by Gasteiger charge is 2.21. The van der Waals surface area contributed by atoms with Crippen LogP contribution in [0.5, 0.6) is 5.75 Å². The first kappa shape index (κ1) is 15.8. The third-order valence-electron chi connectivity index (χ3n) is 2.85. The molecule has 22 heavy (non-hydrogen) atoms. The third kappa shape index (κ3) is 3.34. The maximum absolute atomic E-state index is 12.5. The number of pyridine rings is 1. The molecule has 116 valence electrons. The van der Waals surface area contributed by atoms with E-state index in [9.17, 15) is 13.2 Å². The van der Waals surface area contributed by atoms with E-state index in [0.29, 0.717) is 5.75 Å². The molecule has 0 bridgehead atoms. The van der Waals surface area contributed by atoms with Crippen molar-refractivity contribution in [2.24, 2.45) is 0 Å². The Balaban J connectivity index is 2.41. The zero-order chi connectivity index (χ0) is 16.2. The highest BCUT2D eigenvalue weighted by Crippen LogP contribution is 2.21. The Morgan fingerprint density at radius 1 is 1.23 bits per heavy atom. The van der Waals surface area contributed by atoms with Crippen molar-refractivity contribution in [3.63, 3.8) is 0 Å². The normalized spacial score (nSPS) is 10.8. The molecule has 0 aliphatic carbocycles. The number of amides is 1. The molecule has 0 atom stereocenters.